The summed E-state index contributed by atoms with van der Waals surface area (Å²) in [5.74, 6) is -0.717. The number of piperazine rings is 1. The minimum atomic E-state index is -3.55. The molecule has 0 radical (unpaired) electrons. The van der Waals surface area contributed by atoms with Crippen LogP contribution in [0.1, 0.15) is 26.7 Å². The fourth-order valence-corrected chi connectivity index (χ4v) is 6.07. The molecule has 138 valence electrons. The number of rotatable bonds is 3. The Morgan fingerprint density at radius 2 is 2.12 bits per heavy atom. The molecule has 1 aromatic heterocycles. The van der Waals surface area contributed by atoms with E-state index in [1.165, 1.54) is 15.6 Å². The van der Waals surface area contributed by atoms with Crippen LogP contribution in [0.2, 0.25) is 0 Å². The second-order valence-corrected chi connectivity index (χ2v) is 10.1. The average molecular weight is 386 g/mol. The van der Waals surface area contributed by atoms with Gasteiger partial charge in [0.05, 0.1) is 5.92 Å². The Morgan fingerprint density at radius 3 is 2.80 bits per heavy atom. The number of thiophene rings is 1. The maximum absolute atomic E-state index is 13.0. The highest BCUT2D eigenvalue weighted by atomic mass is 32.2. The van der Waals surface area contributed by atoms with Crippen molar-refractivity contribution < 1.29 is 18.0 Å². The van der Waals surface area contributed by atoms with Gasteiger partial charge in [-0.2, -0.15) is 4.31 Å². The molecule has 2 aliphatic rings. The molecule has 2 aliphatic heterocycles. The van der Waals surface area contributed by atoms with Crippen molar-refractivity contribution in [2.75, 3.05) is 26.2 Å². The summed E-state index contributed by atoms with van der Waals surface area (Å²) >= 11 is 1.18. The van der Waals surface area contributed by atoms with Crippen molar-refractivity contribution in [2.24, 2.45) is 5.92 Å². The first-order chi connectivity index (χ1) is 11.7. The zero-order valence-electron chi connectivity index (χ0n) is 14.4. The van der Waals surface area contributed by atoms with Gasteiger partial charge in [0.25, 0.3) is 10.0 Å². The molecule has 9 heteroatoms. The molecule has 0 bridgehead atoms. The molecule has 3 heterocycles. The Morgan fingerprint density at radius 1 is 1.36 bits per heavy atom. The van der Waals surface area contributed by atoms with Crippen molar-refractivity contribution in [1.82, 2.24) is 14.5 Å². The molecule has 2 saturated heterocycles. The molecule has 0 aliphatic carbocycles. The van der Waals surface area contributed by atoms with Gasteiger partial charge in [-0.1, -0.05) is 6.07 Å². The van der Waals surface area contributed by atoms with E-state index in [0.29, 0.717) is 36.7 Å². The van der Waals surface area contributed by atoms with Crippen molar-refractivity contribution >= 4 is 33.2 Å². The predicted molar refractivity (Wildman–Crippen MR) is 94.6 cm³/mol. The van der Waals surface area contributed by atoms with E-state index in [0.717, 1.165) is 0 Å². The zero-order valence-corrected chi connectivity index (χ0v) is 16.0. The first-order valence-corrected chi connectivity index (χ1v) is 10.7. The average Bonchev–Trinajstić information content (AvgIpc) is 3.12. The van der Waals surface area contributed by atoms with Crippen LogP contribution in [0.5, 0.6) is 0 Å². The topological polar surface area (TPSA) is 86.8 Å². The van der Waals surface area contributed by atoms with Crippen molar-refractivity contribution in [2.45, 2.75) is 36.4 Å². The van der Waals surface area contributed by atoms with Crippen molar-refractivity contribution in [1.29, 1.82) is 0 Å². The number of carbonyl (C=O) groups excluding carboxylic acids is 2. The number of sulfonamides is 1. The lowest BCUT2D eigenvalue weighted by molar-refractivity contribution is -0.152. The molecule has 0 spiro atoms. The number of hydrogen-bond acceptors (Lipinski definition) is 5. The molecule has 0 saturated carbocycles. The van der Waals surface area contributed by atoms with E-state index in [1.807, 2.05) is 0 Å². The minimum Gasteiger partial charge on any atom is -0.352 e. The fraction of sp³-hybridized carbons (Fsp3) is 0.625. The van der Waals surface area contributed by atoms with E-state index in [1.54, 1.807) is 36.3 Å². The van der Waals surface area contributed by atoms with E-state index in [-0.39, 0.29) is 18.4 Å². The SMILES string of the molecule is CC1(C)C(=O)NCCN1C(=O)C1CCCN(S(=O)(=O)c2cccs2)C1. The maximum Gasteiger partial charge on any atom is 0.252 e. The highest BCUT2D eigenvalue weighted by molar-refractivity contribution is 7.91. The van der Waals surface area contributed by atoms with Crippen LogP contribution in [0, 0.1) is 5.92 Å². The second-order valence-electron chi connectivity index (χ2n) is 6.94. The van der Waals surface area contributed by atoms with Crippen LogP contribution >= 0.6 is 11.3 Å². The number of nitrogens with one attached hydrogen (secondary N) is 1. The highest BCUT2D eigenvalue weighted by Gasteiger charge is 2.44. The first-order valence-electron chi connectivity index (χ1n) is 8.38. The molecular weight excluding hydrogens is 362 g/mol. The number of amides is 2. The smallest absolute Gasteiger partial charge is 0.252 e. The van der Waals surface area contributed by atoms with Crippen molar-refractivity contribution in [3.05, 3.63) is 17.5 Å². The van der Waals surface area contributed by atoms with Crippen LogP contribution in [-0.2, 0) is 19.6 Å². The van der Waals surface area contributed by atoms with Gasteiger partial charge in [-0.05, 0) is 38.1 Å². The first kappa shape index (κ1) is 18.3. The highest BCUT2D eigenvalue weighted by Crippen LogP contribution is 2.29. The molecular formula is C16H23N3O4S2. The minimum absolute atomic E-state index is 0.133. The summed E-state index contributed by atoms with van der Waals surface area (Å²) in [6, 6.07) is 3.29. The number of nitrogens with zero attached hydrogens (tertiary/aromatic N) is 2. The Balaban J connectivity index is 1.77. The largest absolute Gasteiger partial charge is 0.352 e. The Bertz CT molecular complexity index is 758. The summed E-state index contributed by atoms with van der Waals surface area (Å²) in [5.41, 5.74) is -0.912. The third-order valence-electron chi connectivity index (χ3n) is 4.94. The molecule has 2 amide bonds. The van der Waals surface area contributed by atoms with Gasteiger partial charge in [-0.3, -0.25) is 9.59 Å². The van der Waals surface area contributed by atoms with Gasteiger partial charge in [0.2, 0.25) is 11.8 Å². The van der Waals surface area contributed by atoms with E-state index < -0.39 is 21.5 Å². The van der Waals surface area contributed by atoms with Crippen molar-refractivity contribution in [3.8, 4) is 0 Å². The number of hydrogen-bond donors (Lipinski definition) is 1. The lowest BCUT2D eigenvalue weighted by Crippen LogP contribution is -2.65. The van der Waals surface area contributed by atoms with Crippen LogP contribution in [-0.4, -0.2) is 61.2 Å². The summed E-state index contributed by atoms with van der Waals surface area (Å²) in [7, 11) is -3.55. The third-order valence-corrected chi connectivity index (χ3v) is 8.18. The summed E-state index contributed by atoms with van der Waals surface area (Å²) < 4.78 is 27.1. The van der Waals surface area contributed by atoms with E-state index in [9.17, 15) is 18.0 Å². The normalized spacial score (nSPS) is 24.8. The summed E-state index contributed by atoms with van der Waals surface area (Å²) in [5, 5.41) is 4.50. The second kappa shape index (κ2) is 6.69. The van der Waals surface area contributed by atoms with Crippen LogP contribution in [0.3, 0.4) is 0 Å². The van der Waals surface area contributed by atoms with Gasteiger partial charge in [-0.25, -0.2) is 8.42 Å². The van der Waals surface area contributed by atoms with Gasteiger partial charge in [0.1, 0.15) is 9.75 Å². The molecule has 7 nitrogen and oxygen atoms in total. The lowest BCUT2D eigenvalue weighted by atomic mass is 9.92. The fourth-order valence-electron chi connectivity index (χ4n) is 3.41. The summed E-state index contributed by atoms with van der Waals surface area (Å²) in [6.07, 6.45) is 1.28. The summed E-state index contributed by atoms with van der Waals surface area (Å²) in [6.45, 7) is 4.93. The quantitative estimate of drug-likeness (QED) is 0.837. The molecule has 0 aromatic carbocycles. The Kier molecular flexibility index (Phi) is 4.91. The maximum atomic E-state index is 13.0. The molecule has 1 atom stereocenters. The van der Waals surface area contributed by atoms with Gasteiger partial charge in [-0.15, -0.1) is 11.3 Å². The van der Waals surface area contributed by atoms with Gasteiger partial charge < -0.3 is 10.2 Å². The Hall–Kier alpha value is -1.45. The van der Waals surface area contributed by atoms with Crippen molar-refractivity contribution in [3.63, 3.8) is 0 Å². The molecule has 1 unspecified atom stereocenters. The number of carbonyl (C=O) groups is 2. The lowest BCUT2D eigenvalue weighted by Gasteiger charge is -2.44. The van der Waals surface area contributed by atoms with Crippen LogP contribution in [0.4, 0.5) is 0 Å². The number of piperidine rings is 1. The van der Waals surface area contributed by atoms with Gasteiger partial charge in [0.15, 0.2) is 0 Å². The van der Waals surface area contributed by atoms with Crippen LogP contribution < -0.4 is 5.32 Å². The van der Waals surface area contributed by atoms with E-state index in [2.05, 4.69) is 5.32 Å². The molecule has 1 N–H and O–H groups in total. The van der Waals surface area contributed by atoms with Gasteiger partial charge in [0, 0.05) is 26.2 Å². The zero-order chi connectivity index (χ0) is 18.2. The van der Waals surface area contributed by atoms with Gasteiger partial charge >= 0.3 is 0 Å². The molecule has 3 rings (SSSR count). The third kappa shape index (κ3) is 3.32. The van der Waals surface area contributed by atoms with Crippen LogP contribution in [0.15, 0.2) is 21.7 Å². The standard InChI is InChI=1S/C16H23N3O4S2/c1-16(2)15(21)17-7-9-19(16)14(20)12-5-3-8-18(11-12)25(22,23)13-6-4-10-24-13/h4,6,10,12H,3,5,7-9,11H2,1-2H3,(H,17,21). The monoisotopic (exact) mass is 385 g/mol. The predicted octanol–water partition coefficient (Wildman–Crippen LogP) is 0.886. The Labute approximate surface area is 152 Å². The molecule has 1 aromatic rings. The summed E-state index contributed by atoms with van der Waals surface area (Å²) in [4.78, 5) is 26.7. The molecule has 25 heavy (non-hydrogen) atoms. The van der Waals surface area contributed by atoms with E-state index >= 15 is 0 Å². The molecule has 2 fully saturated rings. The van der Waals surface area contributed by atoms with E-state index in [4.69, 9.17) is 0 Å². The van der Waals surface area contributed by atoms with Crippen LogP contribution in [0.25, 0.3) is 0 Å².